The van der Waals surface area contributed by atoms with Crippen LogP contribution in [0.3, 0.4) is 0 Å². The number of hydrogen-bond donors (Lipinski definition) is 2. The Morgan fingerprint density at radius 2 is 1.67 bits per heavy atom. The van der Waals surface area contributed by atoms with E-state index in [0.29, 0.717) is 32.8 Å². The Kier molecular flexibility index (Phi) is 7.72. The number of amides is 3. The van der Waals surface area contributed by atoms with Crippen molar-refractivity contribution in [2.45, 2.75) is 16.6 Å². The molecule has 36 heavy (non-hydrogen) atoms. The first-order chi connectivity index (χ1) is 17.3. The molecule has 3 aromatic rings. The largest absolute Gasteiger partial charge is 0.478 e. The molecule has 1 aliphatic rings. The first kappa shape index (κ1) is 25.0. The minimum absolute atomic E-state index is 0.0322. The summed E-state index contributed by atoms with van der Waals surface area (Å²) in [5.41, 5.74) is 0.882. The molecular formula is C26H19ClN2O6S. The van der Waals surface area contributed by atoms with E-state index in [1.807, 2.05) is 0 Å². The van der Waals surface area contributed by atoms with Crippen LogP contribution in [0.2, 0.25) is 5.02 Å². The molecule has 182 valence electrons. The van der Waals surface area contributed by atoms with Crippen molar-refractivity contribution in [1.82, 2.24) is 0 Å². The molecule has 2 N–H and O–H groups in total. The number of benzene rings is 3. The van der Waals surface area contributed by atoms with Crippen LogP contribution in [-0.4, -0.2) is 34.0 Å². The topological polar surface area (TPSA) is 113 Å². The molecule has 1 heterocycles. The van der Waals surface area contributed by atoms with Crippen molar-refractivity contribution >= 4 is 58.4 Å². The van der Waals surface area contributed by atoms with E-state index in [1.165, 1.54) is 11.8 Å². The highest BCUT2D eigenvalue weighted by atomic mass is 35.5. The SMILES string of the molecule is O=C(O)/C=C/C(=O)Nc1cccc(S[C@H]2CC(=O)N(c3ccc(Oc4ccc(Cl)cc4)cc3)C2=O)c1. The van der Waals surface area contributed by atoms with Crippen LogP contribution in [0.1, 0.15) is 6.42 Å². The fourth-order valence-electron chi connectivity index (χ4n) is 3.41. The number of nitrogens with zero attached hydrogens (tertiary/aromatic N) is 1. The first-order valence-electron chi connectivity index (χ1n) is 10.7. The van der Waals surface area contributed by atoms with Gasteiger partial charge in [-0.25, -0.2) is 9.69 Å². The van der Waals surface area contributed by atoms with Crippen LogP contribution >= 0.6 is 23.4 Å². The van der Waals surface area contributed by atoms with Crippen molar-refractivity contribution in [2.24, 2.45) is 0 Å². The van der Waals surface area contributed by atoms with Gasteiger partial charge in [-0.05, 0) is 66.7 Å². The summed E-state index contributed by atoms with van der Waals surface area (Å²) in [6, 6.07) is 20.3. The molecule has 0 radical (unpaired) electrons. The molecule has 1 fully saturated rings. The van der Waals surface area contributed by atoms with Crippen LogP contribution in [0.4, 0.5) is 11.4 Å². The molecule has 0 aromatic heterocycles. The Balaban J connectivity index is 1.40. The van der Waals surface area contributed by atoms with Gasteiger partial charge in [0, 0.05) is 34.2 Å². The van der Waals surface area contributed by atoms with Crippen LogP contribution in [0.5, 0.6) is 11.5 Å². The Bertz CT molecular complexity index is 1340. The summed E-state index contributed by atoms with van der Waals surface area (Å²) in [5, 5.41) is 11.2. The highest BCUT2D eigenvalue weighted by molar-refractivity contribution is 8.00. The average molecular weight is 523 g/mol. The van der Waals surface area contributed by atoms with Gasteiger partial charge >= 0.3 is 5.97 Å². The molecule has 0 spiro atoms. The fraction of sp³-hybridized carbons (Fsp3) is 0.0769. The maximum Gasteiger partial charge on any atom is 0.328 e. The van der Waals surface area contributed by atoms with E-state index in [9.17, 15) is 19.2 Å². The summed E-state index contributed by atoms with van der Waals surface area (Å²) < 4.78 is 5.76. The highest BCUT2D eigenvalue weighted by Gasteiger charge is 2.40. The minimum atomic E-state index is -1.23. The normalized spacial score (nSPS) is 15.4. The molecular weight excluding hydrogens is 504 g/mol. The number of carboxylic acid groups (broad SMARTS) is 1. The second-order valence-electron chi connectivity index (χ2n) is 7.62. The average Bonchev–Trinajstić information content (AvgIpc) is 3.12. The van der Waals surface area contributed by atoms with Gasteiger partial charge in [0.05, 0.1) is 10.9 Å². The van der Waals surface area contributed by atoms with Gasteiger partial charge in [0.2, 0.25) is 17.7 Å². The quantitative estimate of drug-likeness (QED) is 0.311. The number of carbonyl (C=O) groups is 4. The number of carbonyl (C=O) groups excluding carboxylic acids is 3. The van der Waals surface area contributed by atoms with E-state index >= 15 is 0 Å². The zero-order valence-electron chi connectivity index (χ0n) is 18.6. The molecule has 0 saturated carbocycles. The van der Waals surface area contributed by atoms with Gasteiger partial charge in [-0.3, -0.25) is 14.4 Å². The molecule has 1 aliphatic heterocycles. The number of imide groups is 1. The lowest BCUT2D eigenvalue weighted by Crippen LogP contribution is -2.31. The van der Waals surface area contributed by atoms with E-state index in [0.717, 1.165) is 17.1 Å². The van der Waals surface area contributed by atoms with E-state index in [4.69, 9.17) is 21.4 Å². The van der Waals surface area contributed by atoms with Gasteiger partial charge in [0.1, 0.15) is 11.5 Å². The zero-order chi connectivity index (χ0) is 25.7. The number of ether oxygens (including phenoxy) is 1. The highest BCUT2D eigenvalue weighted by Crippen LogP contribution is 2.35. The van der Waals surface area contributed by atoms with Crippen molar-refractivity contribution in [2.75, 3.05) is 10.2 Å². The van der Waals surface area contributed by atoms with Gasteiger partial charge in [-0.1, -0.05) is 17.7 Å². The van der Waals surface area contributed by atoms with Crippen LogP contribution < -0.4 is 15.0 Å². The Morgan fingerprint density at radius 3 is 2.33 bits per heavy atom. The van der Waals surface area contributed by atoms with Crippen LogP contribution in [0.25, 0.3) is 0 Å². The first-order valence-corrected chi connectivity index (χ1v) is 11.9. The van der Waals surface area contributed by atoms with Gasteiger partial charge in [0.25, 0.3) is 0 Å². The number of aliphatic carboxylic acids is 1. The van der Waals surface area contributed by atoms with Crippen LogP contribution in [-0.2, 0) is 19.2 Å². The molecule has 10 heteroatoms. The summed E-state index contributed by atoms with van der Waals surface area (Å²) in [6.45, 7) is 0. The lowest BCUT2D eigenvalue weighted by Gasteiger charge is -2.16. The van der Waals surface area contributed by atoms with Gasteiger partial charge in [-0.2, -0.15) is 0 Å². The lowest BCUT2D eigenvalue weighted by atomic mass is 10.2. The summed E-state index contributed by atoms with van der Waals surface area (Å²) in [5.74, 6) is -1.33. The number of thioether (sulfide) groups is 1. The minimum Gasteiger partial charge on any atom is -0.478 e. The second kappa shape index (κ2) is 11.1. The molecule has 0 aliphatic carbocycles. The second-order valence-corrected chi connectivity index (χ2v) is 9.33. The predicted octanol–water partition coefficient (Wildman–Crippen LogP) is 5.14. The third-order valence-electron chi connectivity index (χ3n) is 5.01. The maximum absolute atomic E-state index is 13.0. The summed E-state index contributed by atoms with van der Waals surface area (Å²) in [7, 11) is 0. The predicted molar refractivity (Wildman–Crippen MR) is 137 cm³/mol. The smallest absolute Gasteiger partial charge is 0.328 e. The van der Waals surface area contributed by atoms with Crippen molar-refractivity contribution < 1.29 is 29.0 Å². The van der Waals surface area contributed by atoms with E-state index < -0.39 is 17.1 Å². The molecule has 4 rings (SSSR count). The number of carboxylic acids is 1. The van der Waals surface area contributed by atoms with Crippen LogP contribution in [0.15, 0.2) is 89.8 Å². The fourth-order valence-corrected chi connectivity index (χ4v) is 4.65. The van der Waals surface area contributed by atoms with Crippen molar-refractivity contribution in [3.05, 3.63) is 90.0 Å². The summed E-state index contributed by atoms with van der Waals surface area (Å²) in [6.07, 6.45) is 1.68. The number of halogens is 1. The van der Waals surface area contributed by atoms with E-state index in [1.54, 1.807) is 72.8 Å². The lowest BCUT2D eigenvalue weighted by molar-refractivity contribution is -0.131. The molecule has 1 saturated heterocycles. The molecule has 0 unspecified atom stereocenters. The van der Waals surface area contributed by atoms with Crippen molar-refractivity contribution in [3.63, 3.8) is 0 Å². The molecule has 3 aromatic carbocycles. The number of rotatable bonds is 8. The van der Waals surface area contributed by atoms with Crippen LogP contribution in [0, 0.1) is 0 Å². The maximum atomic E-state index is 13.0. The number of nitrogens with one attached hydrogen (secondary N) is 1. The standard InChI is InChI=1S/C26H19ClN2O6S/c27-16-4-8-19(9-5-16)35-20-10-6-18(7-11-20)29-24(31)15-22(26(29)34)36-21-3-1-2-17(14-21)28-23(30)12-13-25(32)33/h1-14,22H,15H2,(H,28,30)(H,32,33)/b13-12+/t22-/m0/s1. The third-order valence-corrected chi connectivity index (χ3v) is 6.44. The number of hydrogen-bond acceptors (Lipinski definition) is 6. The summed E-state index contributed by atoms with van der Waals surface area (Å²) in [4.78, 5) is 49.9. The number of anilines is 2. The van der Waals surface area contributed by atoms with Crippen molar-refractivity contribution in [1.29, 1.82) is 0 Å². The zero-order valence-corrected chi connectivity index (χ0v) is 20.2. The van der Waals surface area contributed by atoms with Gasteiger partial charge < -0.3 is 15.2 Å². The Morgan fingerprint density at radius 1 is 1.00 bits per heavy atom. The Labute approximate surface area is 215 Å². The van der Waals surface area contributed by atoms with Gasteiger partial charge in [0.15, 0.2) is 0 Å². The van der Waals surface area contributed by atoms with E-state index in [-0.39, 0.29) is 18.2 Å². The van der Waals surface area contributed by atoms with E-state index in [2.05, 4.69) is 5.32 Å². The van der Waals surface area contributed by atoms with Gasteiger partial charge in [-0.15, -0.1) is 11.8 Å². The molecule has 8 nitrogen and oxygen atoms in total. The monoisotopic (exact) mass is 522 g/mol. The van der Waals surface area contributed by atoms with Crippen molar-refractivity contribution in [3.8, 4) is 11.5 Å². The Hall–Kier alpha value is -4.08. The molecule has 0 bridgehead atoms. The summed E-state index contributed by atoms with van der Waals surface area (Å²) >= 11 is 7.10. The molecule has 3 amide bonds. The molecule has 1 atom stereocenters. The third kappa shape index (κ3) is 6.32.